The molecule has 2 nitrogen and oxygen atoms in total. The summed E-state index contributed by atoms with van der Waals surface area (Å²) in [6.07, 6.45) is 0. The van der Waals surface area contributed by atoms with Crippen LogP contribution in [0.2, 0.25) is 0 Å². The van der Waals surface area contributed by atoms with Gasteiger partial charge in [-0.2, -0.15) is 0 Å². The fourth-order valence-electron chi connectivity index (χ4n) is 5.05. The van der Waals surface area contributed by atoms with Gasteiger partial charge >= 0.3 is 0 Å². The lowest BCUT2D eigenvalue weighted by molar-refractivity contribution is 1.27. The van der Waals surface area contributed by atoms with Crippen molar-refractivity contribution in [1.29, 1.82) is 0 Å². The fourth-order valence-corrected chi connectivity index (χ4v) is 5.05. The van der Waals surface area contributed by atoms with Crippen molar-refractivity contribution in [2.24, 2.45) is 0 Å². The molecule has 0 atom stereocenters. The molecular formula is C37H30N2. The third-order valence-corrected chi connectivity index (χ3v) is 6.97. The van der Waals surface area contributed by atoms with Gasteiger partial charge in [0.15, 0.2) is 0 Å². The normalized spacial score (nSPS) is 10.7. The third kappa shape index (κ3) is 5.18. The van der Waals surface area contributed by atoms with E-state index in [9.17, 15) is 0 Å². The predicted octanol–water partition coefficient (Wildman–Crippen LogP) is 10.6. The van der Waals surface area contributed by atoms with Crippen molar-refractivity contribution >= 4 is 34.1 Å². The maximum Gasteiger partial charge on any atom is 0.0467 e. The van der Waals surface area contributed by atoms with Crippen molar-refractivity contribution in [2.45, 2.75) is 6.92 Å². The van der Waals surface area contributed by atoms with Gasteiger partial charge in [0.2, 0.25) is 0 Å². The van der Waals surface area contributed by atoms with Crippen LogP contribution in [0.15, 0.2) is 164 Å². The number of nitrogens with zero attached hydrogens (tertiary/aromatic N) is 2. The van der Waals surface area contributed by atoms with Gasteiger partial charge in [0.05, 0.1) is 0 Å². The van der Waals surface area contributed by atoms with Crippen molar-refractivity contribution in [2.75, 3.05) is 9.80 Å². The molecular weight excluding hydrogens is 472 g/mol. The Morgan fingerprint density at radius 3 is 1.08 bits per heavy atom. The average molecular weight is 503 g/mol. The van der Waals surface area contributed by atoms with E-state index in [1.54, 1.807) is 0 Å². The molecule has 39 heavy (non-hydrogen) atoms. The van der Waals surface area contributed by atoms with E-state index in [1.807, 2.05) is 0 Å². The zero-order valence-corrected chi connectivity index (χ0v) is 22.0. The molecule has 0 aliphatic heterocycles. The fraction of sp³-hybridized carbons (Fsp3) is 0.0270. The van der Waals surface area contributed by atoms with Crippen LogP contribution >= 0.6 is 0 Å². The molecule has 0 aliphatic carbocycles. The van der Waals surface area contributed by atoms with Crippen LogP contribution in [0.1, 0.15) is 5.56 Å². The van der Waals surface area contributed by atoms with Gasteiger partial charge in [-0.15, -0.1) is 0 Å². The summed E-state index contributed by atoms with van der Waals surface area (Å²) < 4.78 is 0. The smallest absolute Gasteiger partial charge is 0.0467 e. The Morgan fingerprint density at radius 1 is 0.333 bits per heavy atom. The van der Waals surface area contributed by atoms with Gasteiger partial charge < -0.3 is 9.80 Å². The molecule has 6 rings (SSSR count). The minimum atomic E-state index is 1.13. The summed E-state index contributed by atoms with van der Waals surface area (Å²) in [5.41, 5.74) is 10.5. The molecule has 0 spiro atoms. The van der Waals surface area contributed by atoms with E-state index in [2.05, 4.69) is 181 Å². The van der Waals surface area contributed by atoms with Crippen LogP contribution in [0.3, 0.4) is 0 Å². The van der Waals surface area contributed by atoms with Crippen molar-refractivity contribution in [1.82, 2.24) is 0 Å². The SMILES string of the molecule is Cc1ccc(N(c2ccccc2)c2ccccc2)cc1-c1ccc(N(c2ccccc2)c2ccccc2)cc1. The summed E-state index contributed by atoms with van der Waals surface area (Å²) in [4.78, 5) is 4.60. The summed E-state index contributed by atoms with van der Waals surface area (Å²) in [5, 5.41) is 0. The first-order chi connectivity index (χ1) is 19.3. The average Bonchev–Trinajstić information content (AvgIpc) is 3.01. The van der Waals surface area contributed by atoms with E-state index in [0.717, 1.165) is 34.1 Å². The highest BCUT2D eigenvalue weighted by Gasteiger charge is 2.15. The third-order valence-electron chi connectivity index (χ3n) is 6.97. The van der Waals surface area contributed by atoms with E-state index in [4.69, 9.17) is 0 Å². The lowest BCUT2D eigenvalue weighted by atomic mass is 9.98. The lowest BCUT2D eigenvalue weighted by Crippen LogP contribution is -2.10. The van der Waals surface area contributed by atoms with Crippen molar-refractivity contribution in [3.05, 3.63) is 169 Å². The number of aryl methyl sites for hydroxylation is 1. The highest BCUT2D eigenvalue weighted by atomic mass is 15.1. The van der Waals surface area contributed by atoms with E-state index in [-0.39, 0.29) is 0 Å². The number of benzene rings is 6. The molecule has 188 valence electrons. The van der Waals surface area contributed by atoms with Crippen LogP contribution in [-0.4, -0.2) is 0 Å². The Balaban J connectivity index is 1.40. The predicted molar refractivity (Wildman–Crippen MR) is 166 cm³/mol. The van der Waals surface area contributed by atoms with Crippen molar-refractivity contribution in [3.63, 3.8) is 0 Å². The molecule has 0 amide bonds. The molecule has 0 saturated carbocycles. The molecule has 0 unspecified atom stereocenters. The first-order valence-corrected chi connectivity index (χ1v) is 13.3. The number of hydrogen-bond acceptors (Lipinski definition) is 2. The van der Waals surface area contributed by atoms with Crippen LogP contribution in [0.4, 0.5) is 34.1 Å². The zero-order valence-electron chi connectivity index (χ0n) is 22.0. The van der Waals surface area contributed by atoms with Crippen LogP contribution in [-0.2, 0) is 0 Å². The van der Waals surface area contributed by atoms with E-state index >= 15 is 0 Å². The van der Waals surface area contributed by atoms with Gasteiger partial charge in [-0.05, 0) is 96.4 Å². The van der Waals surface area contributed by atoms with Crippen molar-refractivity contribution in [3.8, 4) is 11.1 Å². The second-order valence-corrected chi connectivity index (χ2v) is 9.56. The summed E-state index contributed by atoms with van der Waals surface area (Å²) in [7, 11) is 0. The summed E-state index contributed by atoms with van der Waals surface area (Å²) >= 11 is 0. The second-order valence-electron chi connectivity index (χ2n) is 9.56. The van der Waals surface area contributed by atoms with Crippen molar-refractivity contribution < 1.29 is 0 Å². The van der Waals surface area contributed by atoms with Crippen LogP contribution in [0.5, 0.6) is 0 Å². The molecule has 2 heteroatoms. The summed E-state index contributed by atoms with van der Waals surface area (Å²) in [6, 6.07) is 57.8. The summed E-state index contributed by atoms with van der Waals surface area (Å²) in [6.45, 7) is 2.18. The second kappa shape index (κ2) is 11.1. The lowest BCUT2D eigenvalue weighted by Gasteiger charge is -2.27. The molecule has 0 aliphatic rings. The molecule has 6 aromatic rings. The van der Waals surface area contributed by atoms with Gasteiger partial charge in [0.1, 0.15) is 0 Å². The van der Waals surface area contributed by atoms with Gasteiger partial charge in [-0.25, -0.2) is 0 Å². The first kappa shape index (κ1) is 24.3. The Bertz CT molecular complexity index is 1550. The van der Waals surface area contributed by atoms with Crippen LogP contribution in [0.25, 0.3) is 11.1 Å². The van der Waals surface area contributed by atoms with E-state index < -0.39 is 0 Å². The van der Waals surface area contributed by atoms with Gasteiger partial charge in [-0.1, -0.05) is 91.0 Å². The molecule has 0 radical (unpaired) electrons. The Kier molecular flexibility index (Phi) is 6.92. The molecule has 6 aromatic carbocycles. The van der Waals surface area contributed by atoms with Gasteiger partial charge in [0, 0.05) is 34.1 Å². The maximum absolute atomic E-state index is 2.31. The molecule has 0 bridgehead atoms. The van der Waals surface area contributed by atoms with Crippen LogP contribution < -0.4 is 9.80 Å². The molecule has 0 N–H and O–H groups in total. The molecule has 0 aromatic heterocycles. The van der Waals surface area contributed by atoms with Crippen LogP contribution in [0, 0.1) is 6.92 Å². The minimum Gasteiger partial charge on any atom is -0.311 e. The monoisotopic (exact) mass is 502 g/mol. The maximum atomic E-state index is 2.31. The Morgan fingerprint density at radius 2 is 0.667 bits per heavy atom. The number of rotatable bonds is 7. The van der Waals surface area contributed by atoms with Gasteiger partial charge in [-0.3, -0.25) is 0 Å². The number of hydrogen-bond donors (Lipinski definition) is 0. The number of anilines is 6. The standard InChI is InChI=1S/C37H30N2/c1-29-22-25-36(39(33-18-10-4-11-19-33)34-20-12-5-13-21-34)28-37(29)30-23-26-35(27-24-30)38(31-14-6-2-7-15-31)32-16-8-3-9-17-32/h2-28H,1H3. The highest BCUT2D eigenvalue weighted by molar-refractivity contribution is 5.82. The molecule has 0 saturated heterocycles. The molecule has 0 heterocycles. The highest BCUT2D eigenvalue weighted by Crippen LogP contribution is 2.39. The minimum absolute atomic E-state index is 1.13. The summed E-state index contributed by atoms with van der Waals surface area (Å²) in [5.74, 6) is 0. The van der Waals surface area contributed by atoms with Gasteiger partial charge in [0.25, 0.3) is 0 Å². The quantitative estimate of drug-likeness (QED) is 0.214. The first-order valence-electron chi connectivity index (χ1n) is 13.3. The van der Waals surface area contributed by atoms with E-state index in [0.29, 0.717) is 0 Å². The Labute approximate surface area is 231 Å². The van der Waals surface area contributed by atoms with E-state index in [1.165, 1.54) is 16.7 Å². The largest absolute Gasteiger partial charge is 0.311 e. The molecule has 0 fully saturated rings. The number of para-hydroxylation sites is 4. The Hall–Kier alpha value is -5.08. The topological polar surface area (TPSA) is 6.48 Å². The zero-order chi connectivity index (χ0) is 26.4.